The zero-order valence-corrected chi connectivity index (χ0v) is 9.16. The average molecular weight is 210 g/mol. The predicted molar refractivity (Wildman–Crippen MR) is 64.3 cm³/mol. The number of benzene rings is 1. The number of fused-ring (bicyclic) bond motifs is 2. The van der Waals surface area contributed by atoms with E-state index in [1.807, 2.05) is 6.20 Å². The van der Waals surface area contributed by atoms with Gasteiger partial charge in [0.05, 0.1) is 5.52 Å². The molecular weight excluding hydrogens is 196 g/mol. The first-order valence-corrected chi connectivity index (χ1v) is 6.06. The van der Waals surface area contributed by atoms with Crippen LogP contribution >= 0.6 is 0 Å². The molecule has 2 heterocycles. The fourth-order valence-electron chi connectivity index (χ4n) is 3.28. The minimum atomic E-state index is 0.614. The summed E-state index contributed by atoms with van der Waals surface area (Å²) >= 11 is 0. The Hall–Kier alpha value is -1.41. The van der Waals surface area contributed by atoms with Crippen molar-refractivity contribution in [2.75, 3.05) is 0 Å². The lowest BCUT2D eigenvalue weighted by Gasteiger charge is -2.22. The molecule has 1 aromatic heterocycles. The normalized spacial score (nSPS) is 22.4. The van der Waals surface area contributed by atoms with Gasteiger partial charge in [-0.15, -0.1) is 0 Å². The molecule has 1 aromatic carbocycles. The maximum absolute atomic E-state index is 4.49. The number of aryl methyl sites for hydroxylation is 1. The molecule has 1 aliphatic heterocycles. The highest BCUT2D eigenvalue weighted by molar-refractivity contribution is 5.85. The van der Waals surface area contributed by atoms with Crippen molar-refractivity contribution in [3.8, 4) is 0 Å². The zero-order chi connectivity index (χ0) is 10.5. The third kappa shape index (κ3) is 1.03. The van der Waals surface area contributed by atoms with Gasteiger partial charge in [0.1, 0.15) is 0 Å². The molecule has 0 bridgehead atoms. The summed E-state index contributed by atoms with van der Waals surface area (Å²) in [6, 6.07) is 7.16. The number of rotatable bonds is 0. The highest BCUT2D eigenvalue weighted by Crippen LogP contribution is 2.40. The summed E-state index contributed by atoms with van der Waals surface area (Å²) in [5.74, 6) is 0. The van der Waals surface area contributed by atoms with Gasteiger partial charge in [0.15, 0.2) is 0 Å². The van der Waals surface area contributed by atoms with Crippen LogP contribution in [-0.4, -0.2) is 4.98 Å². The Morgan fingerprint density at radius 3 is 3.38 bits per heavy atom. The Labute approximate surface area is 94.7 Å². The molecule has 0 amide bonds. The number of hydrogen-bond donors (Lipinski definition) is 1. The van der Waals surface area contributed by atoms with Crippen LogP contribution in [0.25, 0.3) is 10.9 Å². The van der Waals surface area contributed by atoms with Gasteiger partial charge in [-0.2, -0.15) is 0 Å². The van der Waals surface area contributed by atoms with E-state index in [1.54, 1.807) is 11.1 Å². The van der Waals surface area contributed by atoms with Gasteiger partial charge in [-0.3, -0.25) is 4.98 Å². The zero-order valence-electron chi connectivity index (χ0n) is 9.16. The van der Waals surface area contributed by atoms with Crippen LogP contribution in [-0.2, 0) is 13.0 Å². The van der Waals surface area contributed by atoms with Gasteiger partial charge in [-0.05, 0) is 48.1 Å². The van der Waals surface area contributed by atoms with E-state index < -0.39 is 0 Å². The molecule has 2 heteroatoms. The largest absolute Gasteiger partial charge is 0.306 e. The molecule has 4 rings (SSSR count). The second kappa shape index (κ2) is 3.05. The van der Waals surface area contributed by atoms with Crippen molar-refractivity contribution >= 4 is 10.9 Å². The van der Waals surface area contributed by atoms with E-state index in [0.29, 0.717) is 6.04 Å². The number of hydrogen-bond acceptors (Lipinski definition) is 2. The van der Waals surface area contributed by atoms with E-state index in [0.717, 1.165) is 6.54 Å². The lowest BCUT2D eigenvalue weighted by Crippen LogP contribution is -2.16. The fraction of sp³-hybridized carbons (Fsp3) is 0.357. The quantitative estimate of drug-likeness (QED) is 0.723. The molecule has 0 radical (unpaired) electrons. The molecule has 1 aliphatic carbocycles. The van der Waals surface area contributed by atoms with Gasteiger partial charge in [0.25, 0.3) is 0 Å². The average Bonchev–Trinajstić information content (AvgIpc) is 2.75. The standard InChI is InChI=1S/C14H14N2/c1-3-11-10-4-2-6-15-13(10)7-9-8-16-12(5-1)14(9)11/h2,4,6-7,12,16H,1,3,5,8H2. The van der Waals surface area contributed by atoms with Crippen molar-refractivity contribution in [2.45, 2.75) is 31.8 Å². The second-order valence-electron chi connectivity index (χ2n) is 4.82. The van der Waals surface area contributed by atoms with Gasteiger partial charge >= 0.3 is 0 Å². The third-order valence-electron chi connectivity index (χ3n) is 3.95. The van der Waals surface area contributed by atoms with E-state index in [-0.39, 0.29) is 0 Å². The van der Waals surface area contributed by atoms with Crippen LogP contribution in [0.1, 0.15) is 35.6 Å². The smallest absolute Gasteiger partial charge is 0.0708 e. The highest BCUT2D eigenvalue weighted by atomic mass is 14.9. The van der Waals surface area contributed by atoms with Crippen molar-refractivity contribution in [1.82, 2.24) is 10.3 Å². The van der Waals surface area contributed by atoms with Crippen molar-refractivity contribution in [3.05, 3.63) is 41.1 Å². The molecule has 2 nitrogen and oxygen atoms in total. The van der Waals surface area contributed by atoms with Crippen LogP contribution in [0.4, 0.5) is 0 Å². The summed E-state index contributed by atoms with van der Waals surface area (Å²) in [6.45, 7) is 1.03. The Balaban J connectivity index is 2.14. The Morgan fingerprint density at radius 2 is 2.38 bits per heavy atom. The van der Waals surface area contributed by atoms with Crippen LogP contribution in [0.15, 0.2) is 24.4 Å². The Bertz CT molecular complexity index is 574. The van der Waals surface area contributed by atoms with Crippen molar-refractivity contribution < 1.29 is 0 Å². The SMILES string of the molecule is c1cnc2cc3c4c(c2c1)CCCC4NC3. The maximum atomic E-state index is 4.49. The molecule has 2 aliphatic rings. The number of nitrogens with one attached hydrogen (secondary N) is 1. The molecule has 1 atom stereocenters. The van der Waals surface area contributed by atoms with Crippen molar-refractivity contribution in [2.24, 2.45) is 0 Å². The second-order valence-corrected chi connectivity index (χ2v) is 4.82. The lowest BCUT2D eigenvalue weighted by atomic mass is 9.85. The molecule has 0 saturated heterocycles. The van der Waals surface area contributed by atoms with Crippen LogP contribution < -0.4 is 5.32 Å². The van der Waals surface area contributed by atoms with Gasteiger partial charge in [0, 0.05) is 24.2 Å². The molecule has 1 N–H and O–H groups in total. The molecule has 80 valence electrons. The molecule has 0 saturated carbocycles. The van der Waals surface area contributed by atoms with E-state index in [4.69, 9.17) is 0 Å². The van der Waals surface area contributed by atoms with Gasteiger partial charge < -0.3 is 5.32 Å². The van der Waals surface area contributed by atoms with Gasteiger partial charge in [0.2, 0.25) is 0 Å². The molecular formula is C14H14N2. The van der Waals surface area contributed by atoms with E-state index in [2.05, 4.69) is 28.5 Å². The summed E-state index contributed by atoms with van der Waals surface area (Å²) in [5.41, 5.74) is 5.79. The monoisotopic (exact) mass is 210 g/mol. The Morgan fingerprint density at radius 1 is 1.38 bits per heavy atom. The summed E-state index contributed by atoms with van der Waals surface area (Å²) in [6.07, 6.45) is 5.72. The molecule has 2 aromatic rings. The maximum Gasteiger partial charge on any atom is 0.0708 e. The predicted octanol–water partition coefficient (Wildman–Crippen LogP) is 2.72. The fourth-order valence-corrected chi connectivity index (χ4v) is 3.28. The van der Waals surface area contributed by atoms with Gasteiger partial charge in [-0.25, -0.2) is 0 Å². The van der Waals surface area contributed by atoms with Crippen LogP contribution in [0.3, 0.4) is 0 Å². The minimum Gasteiger partial charge on any atom is -0.306 e. The van der Waals surface area contributed by atoms with Crippen LogP contribution in [0, 0.1) is 0 Å². The highest BCUT2D eigenvalue weighted by Gasteiger charge is 2.29. The van der Waals surface area contributed by atoms with Gasteiger partial charge in [-0.1, -0.05) is 6.07 Å². The number of pyridine rings is 1. The van der Waals surface area contributed by atoms with Crippen LogP contribution in [0.5, 0.6) is 0 Å². The first kappa shape index (κ1) is 8.71. The Kier molecular flexibility index (Phi) is 1.66. The van der Waals surface area contributed by atoms with E-state index >= 15 is 0 Å². The lowest BCUT2D eigenvalue weighted by molar-refractivity contribution is 0.499. The van der Waals surface area contributed by atoms with E-state index in [1.165, 1.54) is 35.7 Å². The number of aromatic nitrogens is 1. The molecule has 1 unspecified atom stereocenters. The topological polar surface area (TPSA) is 24.9 Å². The third-order valence-corrected chi connectivity index (χ3v) is 3.95. The number of nitrogens with zero attached hydrogens (tertiary/aromatic N) is 1. The van der Waals surface area contributed by atoms with Crippen molar-refractivity contribution in [3.63, 3.8) is 0 Å². The first-order valence-electron chi connectivity index (χ1n) is 6.06. The molecule has 0 spiro atoms. The first-order chi connectivity index (χ1) is 7.93. The minimum absolute atomic E-state index is 0.614. The summed E-state index contributed by atoms with van der Waals surface area (Å²) in [7, 11) is 0. The summed E-state index contributed by atoms with van der Waals surface area (Å²) in [4.78, 5) is 4.49. The summed E-state index contributed by atoms with van der Waals surface area (Å²) < 4.78 is 0. The molecule has 16 heavy (non-hydrogen) atoms. The molecule has 0 fully saturated rings. The summed E-state index contributed by atoms with van der Waals surface area (Å²) in [5, 5.41) is 4.98. The van der Waals surface area contributed by atoms with E-state index in [9.17, 15) is 0 Å². The van der Waals surface area contributed by atoms with Crippen molar-refractivity contribution in [1.29, 1.82) is 0 Å². The van der Waals surface area contributed by atoms with Crippen LogP contribution in [0.2, 0.25) is 0 Å².